The fourth-order valence-corrected chi connectivity index (χ4v) is 3.53. The largest absolute Gasteiger partial charge is 0.328 e. The van der Waals surface area contributed by atoms with E-state index >= 15 is 0 Å². The monoisotopic (exact) mass is 410 g/mol. The summed E-state index contributed by atoms with van der Waals surface area (Å²) in [4.78, 5) is 25.5. The molecule has 1 fully saturated rings. The van der Waals surface area contributed by atoms with Crippen LogP contribution >= 0.6 is 0 Å². The van der Waals surface area contributed by atoms with Crippen LogP contribution in [0.25, 0.3) is 0 Å². The standard InChI is InChI=1S/C22H32N7O/c1-22(2)9-10-29(21(22)30)20(23)18(12-24-3)25-11-17-7-6-8-19(26-17)28-14-16(15-28)13-27(4)5/h6-8,11,14-15,18,23-24H,9-10,12-13H2,1-5H3/q+1. The summed E-state index contributed by atoms with van der Waals surface area (Å²) >= 11 is 0. The van der Waals surface area contributed by atoms with Crippen molar-refractivity contribution in [1.29, 1.82) is 5.41 Å². The highest BCUT2D eigenvalue weighted by Gasteiger charge is 2.41. The molecule has 0 aromatic carbocycles. The zero-order chi connectivity index (χ0) is 21.9. The summed E-state index contributed by atoms with van der Waals surface area (Å²) in [6.45, 7) is 5.81. The second-order valence-corrected chi connectivity index (χ2v) is 8.73. The van der Waals surface area contributed by atoms with E-state index in [9.17, 15) is 4.79 Å². The van der Waals surface area contributed by atoms with Crippen molar-refractivity contribution in [3.05, 3.63) is 35.7 Å². The van der Waals surface area contributed by atoms with E-state index in [1.165, 1.54) is 5.57 Å². The number of nitrogens with one attached hydrogen (secondary N) is 2. The van der Waals surface area contributed by atoms with Gasteiger partial charge in [-0.05, 0) is 44.7 Å². The number of hydrogen-bond donors (Lipinski definition) is 2. The Kier molecular flexibility index (Phi) is 6.58. The Bertz CT molecular complexity index is 914. The maximum atomic E-state index is 12.6. The smallest absolute Gasteiger partial charge is 0.317 e. The maximum Gasteiger partial charge on any atom is 0.328 e. The molecule has 3 rings (SSSR count). The van der Waals surface area contributed by atoms with Crippen molar-refractivity contribution in [1.82, 2.24) is 20.1 Å². The molecule has 8 heteroatoms. The third kappa shape index (κ3) is 4.88. The number of hydrogen-bond acceptors (Lipinski definition) is 6. The SMILES string of the molecule is CNCC(N=Cc1cccc([N+]2=CC(CN(C)C)=C2)n1)C(=N)N1CCC(C)(C)C1=O. The minimum atomic E-state index is -0.444. The molecule has 0 saturated carbocycles. The van der Waals surface area contributed by atoms with Gasteiger partial charge in [0.2, 0.25) is 5.91 Å². The molecule has 0 bridgehead atoms. The summed E-state index contributed by atoms with van der Waals surface area (Å²) in [7, 11) is 5.91. The number of amidine groups is 1. The zero-order valence-corrected chi connectivity index (χ0v) is 18.5. The minimum Gasteiger partial charge on any atom is -0.317 e. The van der Waals surface area contributed by atoms with Crippen molar-refractivity contribution in [2.45, 2.75) is 26.3 Å². The predicted octanol–water partition coefficient (Wildman–Crippen LogP) is 1.50. The van der Waals surface area contributed by atoms with E-state index in [1.54, 1.807) is 11.1 Å². The molecule has 3 heterocycles. The highest BCUT2D eigenvalue weighted by atomic mass is 16.2. The van der Waals surface area contributed by atoms with Gasteiger partial charge < -0.3 is 10.2 Å². The molecule has 30 heavy (non-hydrogen) atoms. The van der Waals surface area contributed by atoms with E-state index in [0.29, 0.717) is 13.1 Å². The van der Waals surface area contributed by atoms with E-state index in [-0.39, 0.29) is 11.7 Å². The van der Waals surface area contributed by atoms with Crippen molar-refractivity contribution in [3.8, 4) is 0 Å². The van der Waals surface area contributed by atoms with Crippen LogP contribution in [0.4, 0.5) is 5.82 Å². The number of carbonyl (C=O) groups excluding carboxylic acids is 1. The first kappa shape index (κ1) is 22.0. The Morgan fingerprint density at radius 3 is 2.80 bits per heavy atom. The summed E-state index contributed by atoms with van der Waals surface area (Å²) in [6, 6.07) is 5.34. The highest BCUT2D eigenvalue weighted by molar-refractivity contribution is 6.03. The maximum absolute atomic E-state index is 12.6. The zero-order valence-electron chi connectivity index (χ0n) is 18.5. The molecule has 8 nitrogen and oxygen atoms in total. The van der Waals surface area contributed by atoms with E-state index in [2.05, 4.69) is 32.6 Å². The number of nitrogens with zero attached hydrogens (tertiary/aromatic N) is 5. The van der Waals surface area contributed by atoms with Gasteiger partial charge in [0.25, 0.3) is 0 Å². The van der Waals surface area contributed by atoms with Gasteiger partial charge in [0.05, 0.1) is 6.21 Å². The number of pyridine rings is 1. The van der Waals surface area contributed by atoms with Gasteiger partial charge in [-0.15, -0.1) is 0 Å². The van der Waals surface area contributed by atoms with E-state index in [1.807, 2.05) is 57.8 Å². The number of rotatable bonds is 8. The van der Waals surface area contributed by atoms with Gasteiger partial charge in [-0.25, -0.2) is 4.58 Å². The van der Waals surface area contributed by atoms with Crippen LogP contribution in [-0.2, 0) is 4.79 Å². The van der Waals surface area contributed by atoms with Crippen LogP contribution < -0.4 is 5.32 Å². The molecule has 1 aromatic rings. The lowest BCUT2D eigenvalue weighted by atomic mass is 9.92. The third-order valence-electron chi connectivity index (χ3n) is 5.30. The van der Waals surface area contributed by atoms with Crippen LogP contribution in [0.2, 0.25) is 0 Å². The lowest BCUT2D eigenvalue weighted by Crippen LogP contribution is -2.44. The number of carbonyl (C=O) groups is 1. The van der Waals surface area contributed by atoms with Crippen LogP contribution in [0, 0.1) is 10.8 Å². The van der Waals surface area contributed by atoms with E-state index in [4.69, 9.17) is 5.41 Å². The molecule has 2 N–H and O–H groups in total. The molecule has 0 radical (unpaired) electrons. The first-order valence-corrected chi connectivity index (χ1v) is 10.2. The van der Waals surface area contributed by atoms with E-state index in [0.717, 1.165) is 24.5 Å². The summed E-state index contributed by atoms with van der Waals surface area (Å²) < 4.78 is 1.99. The molecule has 0 spiro atoms. The molecule has 160 valence electrons. The van der Waals surface area contributed by atoms with Crippen molar-refractivity contribution >= 4 is 30.0 Å². The average molecular weight is 411 g/mol. The molecule has 2 aliphatic rings. The fraction of sp³-hybridized carbons (Fsp3) is 0.500. The molecule has 1 atom stereocenters. The Labute approximate surface area is 178 Å². The van der Waals surface area contributed by atoms with Gasteiger partial charge in [0.15, 0.2) is 5.69 Å². The third-order valence-corrected chi connectivity index (χ3v) is 5.30. The Morgan fingerprint density at radius 2 is 2.20 bits per heavy atom. The highest BCUT2D eigenvalue weighted by Crippen LogP contribution is 2.31. The number of likely N-dealkylation sites (N-methyl/N-ethyl adjacent to an activating group) is 2. The summed E-state index contributed by atoms with van der Waals surface area (Å²) in [5.41, 5.74) is 1.56. The first-order chi connectivity index (χ1) is 14.2. The number of likely N-dealkylation sites (tertiary alicyclic amines) is 1. The van der Waals surface area contributed by atoms with Gasteiger partial charge in [-0.2, -0.15) is 0 Å². The van der Waals surface area contributed by atoms with Crippen LogP contribution in [-0.4, -0.2) is 90.4 Å². The summed E-state index contributed by atoms with van der Waals surface area (Å²) in [6.07, 6.45) is 6.59. The lowest BCUT2D eigenvalue weighted by Gasteiger charge is -2.24. The number of amides is 1. The van der Waals surface area contributed by atoms with Gasteiger partial charge >= 0.3 is 5.82 Å². The fourth-order valence-electron chi connectivity index (χ4n) is 3.53. The average Bonchev–Trinajstić information content (AvgIpc) is 2.94. The summed E-state index contributed by atoms with van der Waals surface area (Å²) in [5, 5.41) is 11.6. The molecule has 0 aliphatic carbocycles. The van der Waals surface area contributed by atoms with Crippen molar-refractivity contribution in [2.24, 2.45) is 10.4 Å². The Balaban J connectivity index is 1.70. The van der Waals surface area contributed by atoms with Crippen LogP contribution in [0.5, 0.6) is 0 Å². The van der Waals surface area contributed by atoms with Gasteiger partial charge in [-0.3, -0.25) is 20.1 Å². The normalized spacial score (nSPS) is 19.1. The summed E-state index contributed by atoms with van der Waals surface area (Å²) in [5.74, 6) is 1.07. The van der Waals surface area contributed by atoms with Crippen molar-refractivity contribution < 1.29 is 9.37 Å². The topological polar surface area (TPSA) is 87.7 Å². The minimum absolute atomic E-state index is 0.00226. The van der Waals surface area contributed by atoms with Gasteiger partial charge in [-0.1, -0.05) is 13.8 Å². The predicted molar refractivity (Wildman–Crippen MR) is 120 cm³/mol. The second kappa shape index (κ2) is 8.97. The van der Waals surface area contributed by atoms with Crippen LogP contribution in [0.1, 0.15) is 26.0 Å². The molecule has 1 amide bonds. The van der Waals surface area contributed by atoms with Gasteiger partial charge in [0.1, 0.15) is 24.3 Å². The second-order valence-electron chi connectivity index (χ2n) is 8.73. The van der Waals surface area contributed by atoms with Crippen LogP contribution in [0.3, 0.4) is 0 Å². The van der Waals surface area contributed by atoms with E-state index < -0.39 is 11.5 Å². The molecular weight excluding hydrogens is 378 g/mol. The Morgan fingerprint density at radius 1 is 1.47 bits per heavy atom. The van der Waals surface area contributed by atoms with Crippen LogP contribution in [0.15, 0.2) is 35.0 Å². The molecular formula is C22H32N7O+. The Hall–Kier alpha value is -2.71. The molecule has 1 unspecified atom stereocenters. The van der Waals surface area contributed by atoms with Crippen molar-refractivity contribution in [3.63, 3.8) is 0 Å². The number of aromatic nitrogens is 1. The van der Waals surface area contributed by atoms with Gasteiger partial charge in [0, 0.05) is 36.7 Å². The molecule has 2 aliphatic heterocycles. The first-order valence-electron chi connectivity index (χ1n) is 10.2. The number of aliphatic imine (C=N–C) groups is 1. The quantitative estimate of drug-likeness (QED) is 0.386. The molecule has 1 aromatic heterocycles. The molecule has 1 saturated heterocycles. The lowest BCUT2D eigenvalue weighted by molar-refractivity contribution is -0.372. The van der Waals surface area contributed by atoms with Crippen molar-refractivity contribution in [2.75, 3.05) is 40.8 Å².